The van der Waals surface area contributed by atoms with Crippen LogP contribution in [0.5, 0.6) is 0 Å². The van der Waals surface area contributed by atoms with Gasteiger partial charge in [-0.2, -0.15) is 0 Å². The van der Waals surface area contributed by atoms with E-state index in [1.54, 1.807) is 23.6 Å². The number of hydrogen-bond donors (Lipinski definition) is 0. The van der Waals surface area contributed by atoms with Gasteiger partial charge in [0.25, 0.3) is 11.2 Å². The first kappa shape index (κ1) is 27.9. The maximum absolute atomic E-state index is 14.1. The SMILES string of the molecule is CC[C@@]1(C(=O)CCN2CCN(c3ccc([N+](=O)[O-])cc3)CC2)C(=O)OCc2c1cc1n(c2=O)Cc2cc3ccccc3nc2-1. The molecule has 1 saturated heterocycles. The van der Waals surface area contributed by atoms with Gasteiger partial charge < -0.3 is 14.2 Å². The number of para-hydroxylation sites is 1. The quantitative estimate of drug-likeness (QED) is 0.120. The highest BCUT2D eigenvalue weighted by Crippen LogP contribution is 2.41. The molecular weight excluding hydrogens is 562 g/mol. The topological polar surface area (TPSA) is 128 Å². The molecule has 2 aromatic heterocycles. The Bertz CT molecular complexity index is 1890. The van der Waals surface area contributed by atoms with E-state index in [0.717, 1.165) is 22.2 Å². The van der Waals surface area contributed by atoms with E-state index in [1.807, 2.05) is 36.4 Å². The maximum Gasteiger partial charge on any atom is 0.324 e. The predicted molar refractivity (Wildman–Crippen MR) is 164 cm³/mol. The summed E-state index contributed by atoms with van der Waals surface area (Å²) in [5, 5.41) is 12.0. The van der Waals surface area contributed by atoms with Crippen molar-refractivity contribution in [1.82, 2.24) is 14.5 Å². The second-order valence-electron chi connectivity index (χ2n) is 11.6. The van der Waals surface area contributed by atoms with Gasteiger partial charge in [0.15, 0.2) is 11.2 Å². The minimum absolute atomic E-state index is 0.0557. The number of rotatable bonds is 7. The minimum atomic E-state index is -1.55. The van der Waals surface area contributed by atoms with Crippen LogP contribution < -0.4 is 10.5 Å². The van der Waals surface area contributed by atoms with E-state index in [9.17, 15) is 24.5 Å². The number of pyridine rings is 2. The van der Waals surface area contributed by atoms with Gasteiger partial charge in [-0.3, -0.25) is 29.4 Å². The molecule has 0 N–H and O–H groups in total. The summed E-state index contributed by atoms with van der Waals surface area (Å²) in [5.74, 6) is -0.854. The molecule has 4 aromatic rings. The van der Waals surface area contributed by atoms with Gasteiger partial charge in [0.2, 0.25) is 0 Å². The molecule has 5 heterocycles. The van der Waals surface area contributed by atoms with Gasteiger partial charge in [-0.1, -0.05) is 25.1 Å². The Hall–Kier alpha value is -4.90. The molecule has 0 bridgehead atoms. The summed E-state index contributed by atoms with van der Waals surface area (Å²) in [4.78, 5) is 61.1. The first-order chi connectivity index (χ1) is 21.3. The fourth-order valence-electron chi connectivity index (χ4n) is 6.89. The fourth-order valence-corrected chi connectivity index (χ4v) is 6.89. The number of piperazine rings is 1. The number of Topliss-reactive ketones (excluding diaryl/α,β-unsaturated/α-hetero) is 1. The lowest BCUT2D eigenvalue weighted by Gasteiger charge is -2.38. The number of aromatic nitrogens is 2. The molecule has 0 spiro atoms. The van der Waals surface area contributed by atoms with Gasteiger partial charge in [-0.05, 0) is 42.3 Å². The minimum Gasteiger partial charge on any atom is -0.460 e. The Balaban J connectivity index is 1.13. The zero-order valence-corrected chi connectivity index (χ0v) is 24.3. The van der Waals surface area contributed by atoms with Gasteiger partial charge >= 0.3 is 5.97 Å². The van der Waals surface area contributed by atoms with E-state index in [-0.39, 0.29) is 36.5 Å². The molecule has 0 aliphatic carbocycles. The Morgan fingerprint density at radius 1 is 1.05 bits per heavy atom. The number of benzene rings is 2. The monoisotopic (exact) mass is 593 g/mol. The summed E-state index contributed by atoms with van der Waals surface area (Å²) in [5.41, 5.74) is 3.04. The molecule has 224 valence electrons. The summed E-state index contributed by atoms with van der Waals surface area (Å²) >= 11 is 0. The summed E-state index contributed by atoms with van der Waals surface area (Å²) < 4.78 is 7.21. The lowest BCUT2D eigenvalue weighted by molar-refractivity contribution is -0.384. The van der Waals surface area contributed by atoms with E-state index in [0.29, 0.717) is 61.8 Å². The van der Waals surface area contributed by atoms with Crippen LogP contribution >= 0.6 is 0 Å². The highest BCUT2D eigenvalue weighted by molar-refractivity contribution is 6.10. The highest BCUT2D eigenvalue weighted by Gasteiger charge is 2.52. The third-order valence-electron chi connectivity index (χ3n) is 9.39. The third-order valence-corrected chi connectivity index (χ3v) is 9.39. The molecule has 2 aromatic carbocycles. The van der Waals surface area contributed by atoms with Gasteiger partial charge in [0, 0.05) is 67.9 Å². The molecule has 0 saturated carbocycles. The van der Waals surface area contributed by atoms with Crippen molar-refractivity contribution in [1.29, 1.82) is 0 Å². The summed E-state index contributed by atoms with van der Waals surface area (Å²) in [7, 11) is 0. The fraction of sp³-hybridized carbons (Fsp3) is 0.333. The molecule has 3 aliphatic rings. The average molecular weight is 594 g/mol. The zero-order valence-electron chi connectivity index (χ0n) is 24.3. The third kappa shape index (κ3) is 4.38. The molecule has 11 nitrogen and oxygen atoms in total. The number of nitrogens with zero attached hydrogens (tertiary/aromatic N) is 5. The summed E-state index contributed by atoms with van der Waals surface area (Å²) in [6.07, 6.45) is 0.324. The van der Waals surface area contributed by atoms with E-state index < -0.39 is 16.3 Å². The van der Waals surface area contributed by atoms with Crippen LogP contribution in [0.2, 0.25) is 0 Å². The number of ether oxygens (including phenoxy) is 1. The van der Waals surface area contributed by atoms with Crippen molar-refractivity contribution in [2.75, 3.05) is 37.6 Å². The van der Waals surface area contributed by atoms with Crippen LogP contribution in [0.25, 0.3) is 22.3 Å². The van der Waals surface area contributed by atoms with Crippen molar-refractivity contribution in [3.63, 3.8) is 0 Å². The van der Waals surface area contributed by atoms with Gasteiger partial charge in [0.1, 0.15) is 6.61 Å². The van der Waals surface area contributed by atoms with Crippen molar-refractivity contribution in [2.45, 2.75) is 38.3 Å². The van der Waals surface area contributed by atoms with Crippen LogP contribution in [0, 0.1) is 10.1 Å². The summed E-state index contributed by atoms with van der Waals surface area (Å²) in [6.45, 7) is 5.31. The average Bonchev–Trinajstić information content (AvgIpc) is 3.40. The molecule has 7 rings (SSSR count). The number of nitro groups is 1. The number of hydrogen-bond acceptors (Lipinski definition) is 9. The number of nitro benzene ring substituents is 1. The number of non-ortho nitro benzene ring substituents is 1. The predicted octanol–water partition coefficient (Wildman–Crippen LogP) is 3.82. The van der Waals surface area contributed by atoms with E-state index >= 15 is 0 Å². The number of fused-ring (bicyclic) bond motifs is 5. The van der Waals surface area contributed by atoms with Gasteiger partial charge in [-0.15, -0.1) is 0 Å². The van der Waals surface area contributed by atoms with Crippen LogP contribution in [0.3, 0.4) is 0 Å². The molecular formula is C33H31N5O6. The lowest BCUT2D eigenvalue weighted by Crippen LogP contribution is -2.51. The van der Waals surface area contributed by atoms with Crippen molar-refractivity contribution in [2.24, 2.45) is 0 Å². The van der Waals surface area contributed by atoms with Crippen molar-refractivity contribution in [3.8, 4) is 11.4 Å². The zero-order chi connectivity index (χ0) is 30.6. The Labute approximate surface area is 252 Å². The van der Waals surface area contributed by atoms with E-state index in [1.165, 1.54) is 12.1 Å². The highest BCUT2D eigenvalue weighted by atomic mass is 16.6. The van der Waals surface area contributed by atoms with Crippen LogP contribution in [-0.2, 0) is 32.9 Å². The molecule has 11 heteroatoms. The number of anilines is 1. The Morgan fingerprint density at radius 2 is 1.80 bits per heavy atom. The normalized spacial score (nSPS) is 19.3. The molecule has 0 amide bonds. The van der Waals surface area contributed by atoms with Crippen LogP contribution in [-0.4, -0.2) is 63.9 Å². The number of carbonyl (C=O) groups excluding carboxylic acids is 2. The molecule has 3 aliphatic heterocycles. The standard InChI is InChI=1S/C33H31N5O6/c1-2-33(29(39)11-12-35-13-15-36(16-14-35)23-7-9-24(10-8-23)38(42)43)26-18-28-30-22(17-21-5-3-4-6-27(21)34-30)19-37(28)31(40)25(26)20-44-32(33)41/h3-10,17-18H,2,11-16,19-20H2,1H3/t33-/m1/s1. The Morgan fingerprint density at radius 3 is 2.52 bits per heavy atom. The van der Waals surface area contributed by atoms with Crippen molar-refractivity contribution >= 4 is 34.0 Å². The smallest absolute Gasteiger partial charge is 0.324 e. The van der Waals surface area contributed by atoms with Crippen LogP contribution in [0.4, 0.5) is 11.4 Å². The number of cyclic esters (lactones) is 1. The van der Waals surface area contributed by atoms with Gasteiger partial charge in [-0.25, -0.2) is 4.98 Å². The Kier molecular flexibility index (Phi) is 6.77. The molecule has 0 unspecified atom stereocenters. The number of ketones is 1. The van der Waals surface area contributed by atoms with Gasteiger partial charge in [0.05, 0.1) is 33.9 Å². The molecule has 1 atom stereocenters. The lowest BCUT2D eigenvalue weighted by atomic mass is 9.70. The second kappa shape index (κ2) is 10.7. The number of esters is 1. The second-order valence-corrected chi connectivity index (χ2v) is 11.6. The van der Waals surface area contributed by atoms with Crippen LogP contribution in [0.1, 0.15) is 36.5 Å². The van der Waals surface area contributed by atoms with E-state index in [4.69, 9.17) is 9.72 Å². The van der Waals surface area contributed by atoms with Crippen LogP contribution in [0.15, 0.2) is 65.5 Å². The van der Waals surface area contributed by atoms with Crippen molar-refractivity contribution in [3.05, 3.63) is 97.8 Å². The van der Waals surface area contributed by atoms with E-state index in [2.05, 4.69) is 9.80 Å². The first-order valence-electron chi connectivity index (χ1n) is 14.9. The molecule has 1 fully saturated rings. The number of carbonyl (C=O) groups is 2. The largest absolute Gasteiger partial charge is 0.460 e. The summed E-state index contributed by atoms with van der Waals surface area (Å²) in [6, 6.07) is 18.2. The van der Waals surface area contributed by atoms with Crippen molar-refractivity contribution < 1.29 is 19.2 Å². The molecule has 44 heavy (non-hydrogen) atoms. The first-order valence-corrected chi connectivity index (χ1v) is 14.9. The maximum atomic E-state index is 14.1. The molecule has 0 radical (unpaired) electrons.